The van der Waals surface area contributed by atoms with Gasteiger partial charge in [-0.2, -0.15) is 11.8 Å². The average Bonchev–Trinajstić information content (AvgIpc) is 2.01. The summed E-state index contributed by atoms with van der Waals surface area (Å²) in [5, 5.41) is 3.05. The fourth-order valence-electron chi connectivity index (χ4n) is 0.618. The summed E-state index contributed by atoms with van der Waals surface area (Å²) in [6, 6.07) is 0. The Balaban J connectivity index is 3.42. The third-order valence-corrected chi connectivity index (χ3v) is 1.85. The first-order chi connectivity index (χ1) is 5.66. The van der Waals surface area contributed by atoms with Crippen molar-refractivity contribution in [2.24, 2.45) is 16.6 Å². The van der Waals surface area contributed by atoms with Crippen LogP contribution in [-0.4, -0.2) is 31.1 Å². The summed E-state index contributed by atoms with van der Waals surface area (Å²) in [4.78, 5) is 4.17. The van der Waals surface area contributed by atoms with Gasteiger partial charge in [-0.3, -0.25) is 4.99 Å². The van der Waals surface area contributed by atoms with Crippen LogP contribution in [0.4, 0.5) is 0 Å². The van der Waals surface area contributed by atoms with Crippen LogP contribution in [-0.2, 0) is 0 Å². The van der Waals surface area contributed by atoms with Crippen molar-refractivity contribution in [1.29, 1.82) is 0 Å². The first kappa shape index (κ1) is 11.6. The highest BCUT2D eigenvalue weighted by atomic mass is 32.2. The lowest BCUT2D eigenvalue weighted by molar-refractivity contribution is 0.662. The highest BCUT2D eigenvalue weighted by molar-refractivity contribution is 7.98. The smallest absolute Gasteiger partial charge is 0.188 e. The van der Waals surface area contributed by atoms with Gasteiger partial charge >= 0.3 is 0 Å². The van der Waals surface area contributed by atoms with Crippen molar-refractivity contribution in [1.82, 2.24) is 5.32 Å². The maximum Gasteiger partial charge on any atom is 0.188 e. The molecule has 3 nitrogen and oxygen atoms in total. The zero-order valence-corrected chi connectivity index (χ0v) is 8.95. The van der Waals surface area contributed by atoms with Gasteiger partial charge in [-0.25, -0.2) is 0 Å². The van der Waals surface area contributed by atoms with Gasteiger partial charge < -0.3 is 11.1 Å². The van der Waals surface area contributed by atoms with Crippen LogP contribution in [0.15, 0.2) is 4.99 Å². The summed E-state index contributed by atoms with van der Waals surface area (Å²) in [7, 11) is 0. The maximum absolute atomic E-state index is 5.59. The predicted octanol–water partition coefficient (Wildman–Crippen LogP) is 0.910. The molecule has 0 saturated carbocycles. The molecule has 0 bridgehead atoms. The molecule has 72 valence electrons. The Kier molecular flexibility index (Phi) is 7.05. The van der Waals surface area contributed by atoms with Crippen LogP contribution < -0.4 is 11.1 Å². The second kappa shape index (κ2) is 7.28. The van der Waals surface area contributed by atoms with Crippen molar-refractivity contribution < 1.29 is 0 Å². The topological polar surface area (TPSA) is 50.4 Å². The largest absolute Gasteiger partial charge is 0.370 e. The van der Waals surface area contributed by atoms with Crippen LogP contribution in [0.1, 0.15) is 13.8 Å². The molecule has 0 aromatic rings. The molecule has 0 aliphatic heterocycles. The van der Waals surface area contributed by atoms with E-state index in [1.165, 1.54) is 0 Å². The highest BCUT2D eigenvalue weighted by Gasteiger charge is 1.92. The Labute approximate surface area is 79.2 Å². The maximum atomic E-state index is 5.59. The van der Waals surface area contributed by atoms with Crippen molar-refractivity contribution in [2.45, 2.75) is 13.8 Å². The molecule has 0 aromatic heterocycles. The van der Waals surface area contributed by atoms with E-state index in [9.17, 15) is 0 Å². The quantitative estimate of drug-likeness (QED) is 0.384. The second-order valence-corrected chi connectivity index (χ2v) is 4.02. The Morgan fingerprint density at radius 3 is 2.75 bits per heavy atom. The summed E-state index contributed by atoms with van der Waals surface area (Å²) in [6.45, 7) is 5.95. The van der Waals surface area contributed by atoms with Gasteiger partial charge in [0.2, 0.25) is 0 Å². The number of guanidine groups is 1. The minimum Gasteiger partial charge on any atom is -0.370 e. The van der Waals surface area contributed by atoms with Crippen molar-refractivity contribution in [3.63, 3.8) is 0 Å². The van der Waals surface area contributed by atoms with Gasteiger partial charge in [0.25, 0.3) is 0 Å². The molecule has 0 aliphatic carbocycles. The normalized spacial score (nSPS) is 12.2. The van der Waals surface area contributed by atoms with Crippen LogP contribution in [0, 0.1) is 5.92 Å². The number of rotatable bonds is 5. The van der Waals surface area contributed by atoms with E-state index in [0.29, 0.717) is 11.9 Å². The van der Waals surface area contributed by atoms with Crippen LogP contribution in [0.25, 0.3) is 0 Å². The molecule has 0 saturated heterocycles. The van der Waals surface area contributed by atoms with E-state index in [-0.39, 0.29) is 0 Å². The molecule has 0 aliphatic rings. The Bertz CT molecular complexity index is 134. The molecule has 0 radical (unpaired) electrons. The summed E-state index contributed by atoms with van der Waals surface area (Å²) < 4.78 is 0. The highest BCUT2D eigenvalue weighted by Crippen LogP contribution is 1.90. The van der Waals surface area contributed by atoms with Crippen LogP contribution in [0.2, 0.25) is 0 Å². The molecule has 0 unspecified atom stereocenters. The van der Waals surface area contributed by atoms with Crippen LogP contribution in [0.5, 0.6) is 0 Å². The number of nitrogens with two attached hydrogens (primary N) is 1. The van der Waals surface area contributed by atoms with Gasteiger partial charge in [0.15, 0.2) is 5.96 Å². The molecular formula is C8H19N3S. The second-order valence-electron chi connectivity index (χ2n) is 3.04. The Morgan fingerprint density at radius 2 is 2.25 bits per heavy atom. The average molecular weight is 189 g/mol. The lowest BCUT2D eigenvalue weighted by atomic mass is 10.2. The molecule has 3 N–H and O–H groups in total. The molecule has 0 fully saturated rings. The Hall–Kier alpha value is -0.380. The fraction of sp³-hybridized carbons (Fsp3) is 0.875. The number of thioether (sulfide) groups is 1. The van der Waals surface area contributed by atoms with E-state index in [0.717, 1.165) is 18.8 Å². The van der Waals surface area contributed by atoms with E-state index in [1.54, 1.807) is 11.8 Å². The van der Waals surface area contributed by atoms with Crippen LogP contribution >= 0.6 is 11.8 Å². The SMILES string of the molecule is CSCCNC(N)=NCC(C)C. The number of aliphatic imine (C=N–C) groups is 1. The van der Waals surface area contributed by atoms with Crippen molar-refractivity contribution >= 4 is 17.7 Å². The van der Waals surface area contributed by atoms with Gasteiger partial charge in [0, 0.05) is 18.8 Å². The lowest BCUT2D eigenvalue weighted by Gasteiger charge is -2.04. The molecular weight excluding hydrogens is 170 g/mol. The molecule has 0 atom stereocenters. The van der Waals surface area contributed by atoms with E-state index in [2.05, 4.69) is 30.4 Å². The fourth-order valence-corrected chi connectivity index (χ4v) is 0.924. The summed E-state index contributed by atoms with van der Waals surface area (Å²) in [5.41, 5.74) is 5.59. The van der Waals surface area contributed by atoms with Crippen molar-refractivity contribution in [3.05, 3.63) is 0 Å². The molecule has 0 heterocycles. The lowest BCUT2D eigenvalue weighted by Crippen LogP contribution is -2.33. The van der Waals surface area contributed by atoms with E-state index >= 15 is 0 Å². The number of hydrogen-bond donors (Lipinski definition) is 2. The van der Waals surface area contributed by atoms with Gasteiger partial charge in [0.05, 0.1) is 0 Å². The zero-order chi connectivity index (χ0) is 9.40. The number of nitrogens with one attached hydrogen (secondary N) is 1. The summed E-state index contributed by atoms with van der Waals surface area (Å²) >= 11 is 1.79. The molecule has 0 aromatic carbocycles. The first-order valence-electron chi connectivity index (χ1n) is 4.19. The monoisotopic (exact) mass is 189 g/mol. The standard InChI is InChI=1S/C8H19N3S/c1-7(2)6-11-8(9)10-4-5-12-3/h7H,4-6H2,1-3H3,(H3,9,10,11). The van der Waals surface area contributed by atoms with Crippen molar-refractivity contribution in [3.8, 4) is 0 Å². The first-order valence-corrected chi connectivity index (χ1v) is 5.59. The summed E-state index contributed by atoms with van der Waals surface area (Å²) in [5.74, 6) is 2.21. The van der Waals surface area contributed by atoms with Gasteiger partial charge in [-0.1, -0.05) is 13.8 Å². The summed E-state index contributed by atoms with van der Waals surface area (Å²) in [6.07, 6.45) is 2.07. The molecule has 0 spiro atoms. The van der Waals surface area contributed by atoms with E-state index in [1.807, 2.05) is 0 Å². The molecule has 12 heavy (non-hydrogen) atoms. The third-order valence-electron chi connectivity index (χ3n) is 1.24. The van der Waals surface area contributed by atoms with Gasteiger partial charge in [-0.15, -0.1) is 0 Å². The van der Waals surface area contributed by atoms with Gasteiger partial charge in [-0.05, 0) is 12.2 Å². The molecule has 0 amide bonds. The number of nitrogens with zero attached hydrogens (tertiary/aromatic N) is 1. The third kappa shape index (κ3) is 7.72. The molecule has 4 heteroatoms. The minimum atomic E-state index is 0.567. The molecule has 0 rings (SSSR count). The van der Waals surface area contributed by atoms with E-state index < -0.39 is 0 Å². The minimum absolute atomic E-state index is 0.567. The van der Waals surface area contributed by atoms with E-state index in [4.69, 9.17) is 5.73 Å². The number of hydrogen-bond acceptors (Lipinski definition) is 2. The zero-order valence-electron chi connectivity index (χ0n) is 8.13. The predicted molar refractivity (Wildman–Crippen MR) is 57.7 cm³/mol. The van der Waals surface area contributed by atoms with Crippen LogP contribution in [0.3, 0.4) is 0 Å². The Morgan fingerprint density at radius 1 is 1.58 bits per heavy atom. The van der Waals surface area contributed by atoms with Crippen molar-refractivity contribution in [2.75, 3.05) is 25.1 Å². The van der Waals surface area contributed by atoms with Gasteiger partial charge in [0.1, 0.15) is 0 Å².